The summed E-state index contributed by atoms with van der Waals surface area (Å²) in [5.41, 5.74) is 0.936. The van der Waals surface area contributed by atoms with Gasteiger partial charge in [-0.1, -0.05) is 0 Å². The Morgan fingerprint density at radius 2 is 2.29 bits per heavy atom. The molecule has 0 aromatic carbocycles. The largest absolute Gasteiger partial charge is 0.377 e. The summed E-state index contributed by atoms with van der Waals surface area (Å²) in [5.74, 6) is 0. The van der Waals surface area contributed by atoms with Crippen LogP contribution in [0, 0.1) is 6.92 Å². The molecule has 0 amide bonds. The van der Waals surface area contributed by atoms with Gasteiger partial charge in [-0.2, -0.15) is 0 Å². The summed E-state index contributed by atoms with van der Waals surface area (Å²) in [7, 11) is -3.42. The predicted octanol–water partition coefficient (Wildman–Crippen LogP) is 2.27. The highest BCUT2D eigenvalue weighted by molar-refractivity contribution is 9.11. The van der Waals surface area contributed by atoms with E-state index in [9.17, 15) is 8.42 Å². The fourth-order valence-corrected chi connectivity index (χ4v) is 5.29. The average Bonchev–Trinajstić information content (AvgIpc) is 2.76. The summed E-state index contributed by atoms with van der Waals surface area (Å²) < 4.78 is 33.5. The lowest BCUT2D eigenvalue weighted by atomic mass is 10.2. The molecule has 96 valence electrons. The minimum absolute atomic E-state index is 0.0609. The standard InChI is InChI=1S/C10H14BrNO3S2/c1-6-5-9(16-10(6)11)17(13,14)12-8-3-4-15-7(8)2/h5,7-8,12H,3-4H2,1-2H3. The molecule has 1 aromatic rings. The highest BCUT2D eigenvalue weighted by Gasteiger charge is 2.30. The third-order valence-corrected chi connectivity index (χ3v) is 6.88. The van der Waals surface area contributed by atoms with Gasteiger partial charge in [0.1, 0.15) is 4.21 Å². The van der Waals surface area contributed by atoms with E-state index in [1.807, 2.05) is 13.8 Å². The van der Waals surface area contributed by atoms with E-state index in [1.54, 1.807) is 6.07 Å². The molecule has 4 nitrogen and oxygen atoms in total. The Morgan fingerprint density at radius 3 is 2.76 bits per heavy atom. The van der Waals surface area contributed by atoms with Crippen molar-refractivity contribution in [3.63, 3.8) is 0 Å². The van der Waals surface area contributed by atoms with E-state index in [0.717, 1.165) is 15.8 Å². The molecule has 1 saturated heterocycles. The molecule has 1 aliphatic heterocycles. The van der Waals surface area contributed by atoms with Gasteiger partial charge in [-0.15, -0.1) is 11.3 Å². The first kappa shape index (κ1) is 13.5. The minimum Gasteiger partial charge on any atom is -0.377 e. The van der Waals surface area contributed by atoms with Gasteiger partial charge in [0, 0.05) is 6.61 Å². The Bertz CT molecular complexity index is 492. The molecule has 0 saturated carbocycles. The molecule has 2 atom stereocenters. The number of thiophene rings is 1. The van der Waals surface area contributed by atoms with Gasteiger partial charge in [-0.25, -0.2) is 13.1 Å². The molecule has 0 radical (unpaired) electrons. The summed E-state index contributed by atoms with van der Waals surface area (Å²) in [4.78, 5) is 0. The Morgan fingerprint density at radius 1 is 1.59 bits per heavy atom. The quantitative estimate of drug-likeness (QED) is 0.918. The molecule has 1 aromatic heterocycles. The molecule has 0 bridgehead atoms. The molecule has 0 spiro atoms. The van der Waals surface area contributed by atoms with Crippen LogP contribution in [0.15, 0.2) is 14.1 Å². The van der Waals surface area contributed by atoms with Gasteiger partial charge >= 0.3 is 0 Å². The van der Waals surface area contributed by atoms with Crippen LogP contribution >= 0.6 is 27.3 Å². The molecule has 2 unspecified atom stereocenters. The van der Waals surface area contributed by atoms with E-state index in [4.69, 9.17) is 4.74 Å². The van der Waals surface area contributed by atoms with Crippen molar-refractivity contribution in [2.24, 2.45) is 0 Å². The Labute approximate surface area is 114 Å². The molecule has 0 aliphatic carbocycles. The van der Waals surface area contributed by atoms with Gasteiger partial charge in [0.25, 0.3) is 0 Å². The van der Waals surface area contributed by atoms with Crippen LogP contribution in [-0.4, -0.2) is 27.2 Å². The van der Waals surface area contributed by atoms with Crippen LogP contribution in [0.1, 0.15) is 18.9 Å². The van der Waals surface area contributed by atoms with Crippen molar-refractivity contribution in [2.75, 3.05) is 6.61 Å². The first-order valence-corrected chi connectivity index (χ1v) is 8.39. The first-order chi connectivity index (χ1) is 7.90. The van der Waals surface area contributed by atoms with E-state index in [2.05, 4.69) is 20.7 Å². The maximum atomic E-state index is 12.1. The fourth-order valence-electron chi connectivity index (χ4n) is 1.71. The van der Waals surface area contributed by atoms with Gasteiger partial charge in [0.05, 0.1) is 15.9 Å². The summed E-state index contributed by atoms with van der Waals surface area (Å²) in [6.45, 7) is 4.37. The topological polar surface area (TPSA) is 55.4 Å². The lowest BCUT2D eigenvalue weighted by Crippen LogP contribution is -2.38. The Hall–Kier alpha value is 0.0500. The van der Waals surface area contributed by atoms with Gasteiger partial charge < -0.3 is 4.74 Å². The average molecular weight is 340 g/mol. The molecule has 1 N–H and O–H groups in total. The number of ether oxygens (including phenoxy) is 1. The summed E-state index contributed by atoms with van der Waals surface area (Å²) in [6, 6.07) is 1.55. The van der Waals surface area contributed by atoms with Crippen molar-refractivity contribution in [1.29, 1.82) is 0 Å². The number of hydrogen-bond donors (Lipinski definition) is 1. The van der Waals surface area contributed by atoms with Gasteiger partial charge in [-0.3, -0.25) is 0 Å². The molecule has 17 heavy (non-hydrogen) atoms. The maximum absolute atomic E-state index is 12.1. The van der Waals surface area contributed by atoms with E-state index in [0.29, 0.717) is 10.8 Å². The van der Waals surface area contributed by atoms with Crippen molar-refractivity contribution in [1.82, 2.24) is 4.72 Å². The highest BCUT2D eigenvalue weighted by atomic mass is 79.9. The molecule has 1 fully saturated rings. The molecule has 1 aliphatic rings. The van der Waals surface area contributed by atoms with Crippen molar-refractivity contribution in [3.8, 4) is 0 Å². The van der Waals surface area contributed by atoms with E-state index in [-0.39, 0.29) is 12.1 Å². The van der Waals surface area contributed by atoms with Gasteiger partial charge in [0.2, 0.25) is 10.0 Å². The van der Waals surface area contributed by atoms with Crippen molar-refractivity contribution >= 4 is 37.3 Å². The van der Waals surface area contributed by atoms with Crippen molar-refractivity contribution in [2.45, 2.75) is 36.6 Å². The zero-order valence-corrected chi connectivity index (χ0v) is 12.8. The molecular weight excluding hydrogens is 326 g/mol. The van der Waals surface area contributed by atoms with Crippen molar-refractivity contribution < 1.29 is 13.2 Å². The van der Waals surface area contributed by atoms with Crippen LogP contribution in [0.4, 0.5) is 0 Å². The first-order valence-electron chi connectivity index (χ1n) is 5.30. The van der Waals surface area contributed by atoms with Gasteiger partial charge in [-0.05, 0) is 47.8 Å². The third kappa shape index (κ3) is 2.90. The second kappa shape index (κ2) is 4.97. The second-order valence-corrected chi connectivity index (χ2v) is 8.43. The number of nitrogens with one attached hydrogen (secondary N) is 1. The van der Waals surface area contributed by atoms with E-state index >= 15 is 0 Å². The molecule has 7 heteroatoms. The zero-order chi connectivity index (χ0) is 12.6. The van der Waals surface area contributed by atoms with Crippen LogP contribution < -0.4 is 4.72 Å². The lowest BCUT2D eigenvalue weighted by Gasteiger charge is -2.15. The van der Waals surface area contributed by atoms with E-state index < -0.39 is 10.0 Å². The van der Waals surface area contributed by atoms with Crippen LogP contribution in [0.3, 0.4) is 0 Å². The monoisotopic (exact) mass is 339 g/mol. The summed E-state index contributed by atoms with van der Waals surface area (Å²) in [5, 5.41) is 0. The Balaban J connectivity index is 2.19. The smallest absolute Gasteiger partial charge is 0.250 e. The SMILES string of the molecule is Cc1cc(S(=O)(=O)NC2CCOC2C)sc1Br. The van der Waals surface area contributed by atoms with Crippen LogP contribution in [0.25, 0.3) is 0 Å². The van der Waals surface area contributed by atoms with Crippen LogP contribution in [-0.2, 0) is 14.8 Å². The number of aryl methyl sites for hydroxylation is 1. The molecule has 2 rings (SSSR count). The second-order valence-electron chi connectivity index (χ2n) is 4.11. The fraction of sp³-hybridized carbons (Fsp3) is 0.600. The number of halogens is 1. The molecular formula is C10H14BrNO3S2. The number of rotatable bonds is 3. The molecule has 2 heterocycles. The normalized spacial score (nSPS) is 25.4. The number of hydrogen-bond acceptors (Lipinski definition) is 4. The summed E-state index contributed by atoms with van der Waals surface area (Å²) >= 11 is 4.57. The van der Waals surface area contributed by atoms with Crippen LogP contribution in [0.2, 0.25) is 0 Å². The predicted molar refractivity (Wildman–Crippen MR) is 70.9 cm³/mol. The van der Waals surface area contributed by atoms with Crippen LogP contribution in [0.5, 0.6) is 0 Å². The minimum atomic E-state index is -3.42. The lowest BCUT2D eigenvalue weighted by molar-refractivity contribution is 0.117. The highest BCUT2D eigenvalue weighted by Crippen LogP contribution is 2.31. The van der Waals surface area contributed by atoms with E-state index in [1.165, 1.54) is 11.3 Å². The maximum Gasteiger partial charge on any atom is 0.250 e. The zero-order valence-electron chi connectivity index (χ0n) is 9.57. The Kier molecular flexibility index (Phi) is 3.94. The third-order valence-electron chi connectivity index (χ3n) is 2.78. The summed E-state index contributed by atoms with van der Waals surface area (Å²) in [6.07, 6.45) is 0.667. The number of sulfonamides is 1. The van der Waals surface area contributed by atoms with Gasteiger partial charge in [0.15, 0.2) is 0 Å². The van der Waals surface area contributed by atoms with Crippen molar-refractivity contribution in [3.05, 3.63) is 15.4 Å².